The van der Waals surface area contributed by atoms with Crippen LogP contribution >= 0.6 is 0 Å². The number of likely N-dealkylation sites (tertiary alicyclic amines) is 1. The van der Waals surface area contributed by atoms with Gasteiger partial charge in [0, 0.05) is 0 Å². The number of hydrogen-bond donors (Lipinski definition) is 0. The average molecular weight is 292 g/mol. The van der Waals surface area contributed by atoms with Gasteiger partial charge in [-0.1, -0.05) is 26.7 Å². The Bertz CT molecular complexity index is 141. The van der Waals surface area contributed by atoms with Crippen LogP contribution in [0.1, 0.15) is 65.2 Å². The highest BCUT2D eigenvalue weighted by atomic mass is 79.9. The summed E-state index contributed by atoms with van der Waals surface area (Å²) in [5, 5.41) is 0. The lowest BCUT2D eigenvalue weighted by Gasteiger charge is -2.38. The third-order valence-corrected chi connectivity index (χ3v) is 3.99. The minimum Gasteiger partial charge on any atom is -1.00 e. The van der Waals surface area contributed by atoms with E-state index >= 15 is 0 Å². The molecular weight excluding hydrogens is 262 g/mol. The van der Waals surface area contributed by atoms with Crippen LogP contribution in [0.5, 0.6) is 0 Å². The molecule has 0 aliphatic carbocycles. The van der Waals surface area contributed by atoms with Crippen LogP contribution in [0, 0.1) is 0 Å². The fourth-order valence-corrected chi connectivity index (χ4v) is 2.91. The molecule has 2 heteroatoms. The van der Waals surface area contributed by atoms with Crippen molar-refractivity contribution in [1.82, 2.24) is 0 Å². The molecule has 98 valence electrons. The van der Waals surface area contributed by atoms with Gasteiger partial charge in [0.1, 0.15) is 0 Å². The summed E-state index contributed by atoms with van der Waals surface area (Å²) in [5.74, 6) is 0. The van der Waals surface area contributed by atoms with Crippen LogP contribution < -0.4 is 17.0 Å². The first-order valence-electron chi connectivity index (χ1n) is 7.18. The fourth-order valence-electron chi connectivity index (χ4n) is 2.91. The predicted molar refractivity (Wildman–Crippen MR) is 68.0 cm³/mol. The van der Waals surface area contributed by atoms with Crippen LogP contribution in [-0.2, 0) is 0 Å². The van der Waals surface area contributed by atoms with Crippen LogP contribution in [0.4, 0.5) is 0 Å². The van der Waals surface area contributed by atoms with Gasteiger partial charge >= 0.3 is 0 Å². The maximum atomic E-state index is 2.33. The third-order valence-electron chi connectivity index (χ3n) is 3.99. The Balaban J connectivity index is 0.00000225. The third kappa shape index (κ3) is 5.67. The second-order valence-corrected chi connectivity index (χ2v) is 5.36. The second-order valence-electron chi connectivity index (χ2n) is 5.36. The van der Waals surface area contributed by atoms with Gasteiger partial charge in [0.2, 0.25) is 0 Å². The Morgan fingerprint density at radius 1 is 0.750 bits per heavy atom. The van der Waals surface area contributed by atoms with Crippen molar-refractivity contribution in [3.63, 3.8) is 0 Å². The Kier molecular flexibility index (Phi) is 9.73. The van der Waals surface area contributed by atoms with Crippen molar-refractivity contribution in [2.24, 2.45) is 0 Å². The van der Waals surface area contributed by atoms with Gasteiger partial charge in [-0.2, -0.15) is 0 Å². The Hall–Kier alpha value is 0.440. The van der Waals surface area contributed by atoms with Gasteiger partial charge in [-0.15, -0.1) is 0 Å². The lowest BCUT2D eigenvalue weighted by Crippen LogP contribution is -3.00. The molecule has 0 amide bonds. The number of rotatable bonds is 6. The zero-order valence-electron chi connectivity index (χ0n) is 11.3. The molecule has 0 N–H and O–H groups in total. The number of nitrogens with zero attached hydrogens (tertiary/aromatic N) is 1. The maximum absolute atomic E-state index is 2.33. The molecule has 1 aliphatic rings. The highest BCUT2D eigenvalue weighted by Gasteiger charge is 2.26. The molecule has 1 nitrogen and oxygen atoms in total. The molecule has 0 spiro atoms. The van der Waals surface area contributed by atoms with E-state index in [-0.39, 0.29) is 17.0 Å². The molecule has 1 rings (SSSR count). The highest BCUT2D eigenvalue weighted by Crippen LogP contribution is 2.20. The fraction of sp³-hybridized carbons (Fsp3) is 1.00. The molecule has 0 aromatic carbocycles. The van der Waals surface area contributed by atoms with E-state index in [1.807, 2.05) is 0 Å². The molecule has 16 heavy (non-hydrogen) atoms. The van der Waals surface area contributed by atoms with E-state index in [1.165, 1.54) is 82.0 Å². The number of hydrogen-bond acceptors (Lipinski definition) is 0. The van der Waals surface area contributed by atoms with Gasteiger partial charge in [-0.3, -0.25) is 0 Å². The van der Waals surface area contributed by atoms with Crippen molar-refractivity contribution in [2.45, 2.75) is 65.2 Å². The van der Waals surface area contributed by atoms with Crippen molar-refractivity contribution >= 4 is 0 Å². The van der Waals surface area contributed by atoms with Crippen molar-refractivity contribution in [3.05, 3.63) is 0 Å². The first-order valence-corrected chi connectivity index (χ1v) is 7.18. The largest absolute Gasteiger partial charge is 1.00 e. The first kappa shape index (κ1) is 16.4. The summed E-state index contributed by atoms with van der Waals surface area (Å²) in [5.41, 5.74) is 0. The van der Waals surface area contributed by atoms with E-state index in [1.54, 1.807) is 0 Å². The lowest BCUT2D eigenvalue weighted by atomic mass is 10.2. The number of unbranched alkanes of at least 4 members (excludes halogenated alkanes) is 2. The normalized spacial score (nSPS) is 19.9. The molecular formula is C14H30BrN. The van der Waals surface area contributed by atoms with E-state index in [0.717, 1.165) is 0 Å². The quantitative estimate of drug-likeness (QED) is 0.640. The smallest absolute Gasteiger partial charge is 0.0786 e. The Labute approximate surface area is 113 Å². The molecule has 0 aromatic rings. The predicted octanol–water partition coefficient (Wildman–Crippen LogP) is 0.981. The monoisotopic (exact) mass is 291 g/mol. The van der Waals surface area contributed by atoms with Crippen molar-refractivity contribution in [1.29, 1.82) is 0 Å². The van der Waals surface area contributed by atoms with E-state index in [4.69, 9.17) is 0 Å². The maximum Gasteiger partial charge on any atom is 0.0786 e. The van der Waals surface area contributed by atoms with Crippen LogP contribution in [0.2, 0.25) is 0 Å². The van der Waals surface area contributed by atoms with E-state index < -0.39 is 0 Å². The molecule has 0 unspecified atom stereocenters. The van der Waals surface area contributed by atoms with E-state index in [0.29, 0.717) is 0 Å². The summed E-state index contributed by atoms with van der Waals surface area (Å²) in [6.07, 6.45) is 11.5. The lowest BCUT2D eigenvalue weighted by molar-refractivity contribution is -0.927. The average Bonchev–Trinajstić information content (AvgIpc) is 2.50. The summed E-state index contributed by atoms with van der Waals surface area (Å²) < 4.78 is 1.46. The molecule has 0 atom stereocenters. The molecule has 0 bridgehead atoms. The SMILES string of the molecule is CCCC[N+]1(CCCC)CCCCCC1.[Br-]. The molecule has 0 radical (unpaired) electrons. The second kappa shape index (κ2) is 9.47. The number of halogens is 1. The minimum atomic E-state index is 0. The van der Waals surface area contributed by atoms with Gasteiger partial charge in [0.05, 0.1) is 26.2 Å². The van der Waals surface area contributed by atoms with Crippen molar-refractivity contribution < 1.29 is 21.5 Å². The van der Waals surface area contributed by atoms with E-state index in [9.17, 15) is 0 Å². The summed E-state index contributed by atoms with van der Waals surface area (Å²) >= 11 is 0. The van der Waals surface area contributed by atoms with Crippen molar-refractivity contribution in [3.8, 4) is 0 Å². The summed E-state index contributed by atoms with van der Waals surface area (Å²) in [4.78, 5) is 0. The minimum absolute atomic E-state index is 0. The molecule has 1 saturated heterocycles. The van der Waals surface area contributed by atoms with Crippen LogP contribution in [-0.4, -0.2) is 30.7 Å². The van der Waals surface area contributed by atoms with Gasteiger partial charge in [-0.25, -0.2) is 0 Å². The Morgan fingerprint density at radius 3 is 1.56 bits per heavy atom. The van der Waals surface area contributed by atoms with Gasteiger partial charge in [0.15, 0.2) is 0 Å². The summed E-state index contributed by atoms with van der Waals surface area (Å²) in [7, 11) is 0. The molecule has 0 aromatic heterocycles. The number of quaternary nitrogens is 1. The van der Waals surface area contributed by atoms with E-state index in [2.05, 4.69) is 13.8 Å². The van der Waals surface area contributed by atoms with Crippen molar-refractivity contribution in [2.75, 3.05) is 26.2 Å². The van der Waals surface area contributed by atoms with Crippen LogP contribution in [0.3, 0.4) is 0 Å². The summed E-state index contributed by atoms with van der Waals surface area (Å²) in [6.45, 7) is 10.5. The van der Waals surface area contributed by atoms with Crippen LogP contribution in [0.15, 0.2) is 0 Å². The summed E-state index contributed by atoms with van der Waals surface area (Å²) in [6, 6.07) is 0. The molecule has 1 heterocycles. The zero-order valence-corrected chi connectivity index (χ0v) is 12.9. The van der Waals surface area contributed by atoms with Gasteiger partial charge < -0.3 is 21.5 Å². The zero-order chi connectivity index (χ0) is 11.0. The molecule has 1 aliphatic heterocycles. The van der Waals surface area contributed by atoms with Gasteiger partial charge in [-0.05, 0) is 38.5 Å². The molecule has 1 fully saturated rings. The standard InChI is InChI=1S/C14H30N.BrH/c1-3-5-11-15(12-6-4-2)13-9-7-8-10-14-15;/h3-14H2,1-2H3;1H/q+1;/p-1. The topological polar surface area (TPSA) is 0 Å². The van der Waals surface area contributed by atoms with Crippen LogP contribution in [0.25, 0.3) is 0 Å². The van der Waals surface area contributed by atoms with Gasteiger partial charge in [0.25, 0.3) is 0 Å². The highest BCUT2D eigenvalue weighted by molar-refractivity contribution is 4.54. The Morgan fingerprint density at radius 2 is 1.19 bits per heavy atom. The molecule has 0 saturated carbocycles. The first-order chi connectivity index (χ1) is 7.33.